The summed E-state index contributed by atoms with van der Waals surface area (Å²) in [6, 6.07) is 6.84. The van der Waals surface area contributed by atoms with E-state index in [4.69, 9.17) is 9.47 Å². The molecule has 0 saturated heterocycles. The second kappa shape index (κ2) is 5.80. The molecule has 1 fully saturated rings. The number of benzene rings is 1. The molecule has 2 atom stereocenters. The van der Waals surface area contributed by atoms with Crippen LogP contribution in [-0.4, -0.2) is 30.4 Å². The molecule has 0 radical (unpaired) electrons. The minimum absolute atomic E-state index is 0.174. The van der Waals surface area contributed by atoms with Gasteiger partial charge in [-0.05, 0) is 44.4 Å². The highest BCUT2D eigenvalue weighted by molar-refractivity contribution is 5.68. The van der Waals surface area contributed by atoms with Crippen LogP contribution in [0.3, 0.4) is 0 Å². The van der Waals surface area contributed by atoms with Crippen LogP contribution in [0.4, 0.5) is 4.79 Å². The number of carbonyl (C=O) groups excluding carboxylic acids is 1. The lowest BCUT2D eigenvalue weighted by Gasteiger charge is -2.19. The Morgan fingerprint density at radius 1 is 1.36 bits per heavy atom. The SMILES string of the molecule is CC(C)(C)OC(=O)NC1CC1NCc1ccc2c(c1)CCO2. The van der Waals surface area contributed by atoms with Crippen LogP contribution in [0.1, 0.15) is 38.3 Å². The van der Waals surface area contributed by atoms with Gasteiger partial charge >= 0.3 is 6.09 Å². The third kappa shape index (κ3) is 3.91. The van der Waals surface area contributed by atoms with Crippen molar-refractivity contribution in [3.8, 4) is 5.75 Å². The molecule has 1 amide bonds. The lowest BCUT2D eigenvalue weighted by molar-refractivity contribution is 0.0522. The van der Waals surface area contributed by atoms with Crippen LogP contribution < -0.4 is 15.4 Å². The fourth-order valence-corrected chi connectivity index (χ4v) is 2.64. The van der Waals surface area contributed by atoms with E-state index in [1.54, 1.807) is 0 Å². The zero-order valence-corrected chi connectivity index (χ0v) is 13.4. The summed E-state index contributed by atoms with van der Waals surface area (Å²) in [5.74, 6) is 1.01. The highest BCUT2D eigenvalue weighted by Crippen LogP contribution is 2.27. The summed E-state index contributed by atoms with van der Waals surface area (Å²) >= 11 is 0. The molecular weight excluding hydrogens is 280 g/mol. The predicted molar refractivity (Wildman–Crippen MR) is 84.0 cm³/mol. The van der Waals surface area contributed by atoms with Crippen molar-refractivity contribution >= 4 is 6.09 Å². The number of ether oxygens (including phenoxy) is 2. The van der Waals surface area contributed by atoms with Crippen LogP contribution in [-0.2, 0) is 17.7 Å². The van der Waals surface area contributed by atoms with Crippen LogP contribution in [0.2, 0.25) is 0 Å². The number of nitrogens with one attached hydrogen (secondary N) is 2. The maximum absolute atomic E-state index is 11.7. The van der Waals surface area contributed by atoms with Crippen LogP contribution >= 0.6 is 0 Å². The van der Waals surface area contributed by atoms with Crippen molar-refractivity contribution in [3.63, 3.8) is 0 Å². The Morgan fingerprint density at radius 2 is 2.18 bits per heavy atom. The van der Waals surface area contributed by atoms with Crippen molar-refractivity contribution in [2.45, 2.75) is 57.8 Å². The molecule has 120 valence electrons. The second-order valence-corrected chi connectivity index (χ2v) is 7.02. The van der Waals surface area contributed by atoms with Gasteiger partial charge in [0.1, 0.15) is 11.4 Å². The van der Waals surface area contributed by atoms with Gasteiger partial charge in [0, 0.05) is 25.0 Å². The van der Waals surface area contributed by atoms with Gasteiger partial charge in [-0.25, -0.2) is 4.79 Å². The minimum atomic E-state index is -0.450. The fourth-order valence-electron chi connectivity index (χ4n) is 2.64. The Labute approximate surface area is 131 Å². The zero-order valence-electron chi connectivity index (χ0n) is 13.4. The summed E-state index contributed by atoms with van der Waals surface area (Å²) in [6.07, 6.45) is 1.61. The topological polar surface area (TPSA) is 59.6 Å². The van der Waals surface area contributed by atoms with E-state index in [1.165, 1.54) is 11.1 Å². The highest BCUT2D eigenvalue weighted by atomic mass is 16.6. The molecule has 1 aromatic rings. The Morgan fingerprint density at radius 3 is 2.95 bits per heavy atom. The molecule has 1 heterocycles. The monoisotopic (exact) mass is 304 g/mol. The number of rotatable bonds is 4. The molecule has 0 spiro atoms. The van der Waals surface area contributed by atoms with E-state index in [1.807, 2.05) is 26.8 Å². The van der Waals surface area contributed by atoms with Crippen molar-refractivity contribution < 1.29 is 14.3 Å². The average molecular weight is 304 g/mol. The number of hydrogen-bond acceptors (Lipinski definition) is 4. The van der Waals surface area contributed by atoms with Gasteiger partial charge in [-0.2, -0.15) is 0 Å². The lowest BCUT2D eigenvalue weighted by atomic mass is 10.1. The van der Waals surface area contributed by atoms with Crippen LogP contribution in [0, 0.1) is 0 Å². The number of amides is 1. The molecule has 1 aliphatic carbocycles. The van der Waals surface area contributed by atoms with E-state index < -0.39 is 5.60 Å². The van der Waals surface area contributed by atoms with E-state index in [9.17, 15) is 4.79 Å². The van der Waals surface area contributed by atoms with Gasteiger partial charge in [-0.1, -0.05) is 12.1 Å². The molecular formula is C17H24N2O3. The molecule has 5 nitrogen and oxygen atoms in total. The molecule has 1 aromatic carbocycles. The Balaban J connectivity index is 1.42. The number of fused-ring (bicyclic) bond motifs is 1. The van der Waals surface area contributed by atoms with Crippen molar-refractivity contribution in [2.75, 3.05) is 6.61 Å². The summed E-state index contributed by atoms with van der Waals surface area (Å²) in [6.45, 7) is 7.20. The first-order valence-corrected chi connectivity index (χ1v) is 7.88. The number of carbonyl (C=O) groups is 1. The Hall–Kier alpha value is -1.75. The molecule has 5 heteroatoms. The Kier molecular flexibility index (Phi) is 4.00. The van der Waals surface area contributed by atoms with E-state index in [2.05, 4.69) is 22.8 Å². The summed E-state index contributed by atoms with van der Waals surface area (Å²) < 4.78 is 10.8. The van der Waals surface area contributed by atoms with E-state index >= 15 is 0 Å². The van der Waals surface area contributed by atoms with Crippen LogP contribution in [0.5, 0.6) is 5.75 Å². The predicted octanol–water partition coefficient (Wildman–Crippen LogP) is 2.38. The molecule has 1 aliphatic heterocycles. The van der Waals surface area contributed by atoms with Gasteiger partial charge in [0.15, 0.2) is 0 Å². The van der Waals surface area contributed by atoms with Crippen LogP contribution in [0.15, 0.2) is 18.2 Å². The molecule has 2 N–H and O–H groups in total. The third-order valence-electron chi connectivity index (χ3n) is 3.81. The van der Waals surface area contributed by atoms with Gasteiger partial charge in [0.25, 0.3) is 0 Å². The lowest BCUT2D eigenvalue weighted by Crippen LogP contribution is -2.36. The smallest absolute Gasteiger partial charge is 0.407 e. The molecule has 3 rings (SSSR count). The quantitative estimate of drug-likeness (QED) is 0.896. The summed E-state index contributed by atoms with van der Waals surface area (Å²) in [5.41, 5.74) is 2.10. The van der Waals surface area contributed by atoms with E-state index in [0.29, 0.717) is 6.04 Å². The highest BCUT2D eigenvalue weighted by Gasteiger charge is 2.38. The van der Waals surface area contributed by atoms with Crippen molar-refractivity contribution in [1.82, 2.24) is 10.6 Å². The molecule has 1 saturated carbocycles. The molecule has 0 aromatic heterocycles. The van der Waals surface area contributed by atoms with Crippen molar-refractivity contribution in [1.29, 1.82) is 0 Å². The first-order chi connectivity index (χ1) is 10.4. The van der Waals surface area contributed by atoms with Gasteiger partial charge in [-0.3, -0.25) is 0 Å². The minimum Gasteiger partial charge on any atom is -0.493 e. The second-order valence-electron chi connectivity index (χ2n) is 7.02. The maximum Gasteiger partial charge on any atom is 0.407 e. The van der Waals surface area contributed by atoms with Crippen molar-refractivity contribution in [3.05, 3.63) is 29.3 Å². The fraction of sp³-hybridized carbons (Fsp3) is 0.588. The molecule has 0 bridgehead atoms. The van der Waals surface area contributed by atoms with E-state index in [0.717, 1.165) is 31.7 Å². The van der Waals surface area contributed by atoms with Gasteiger partial charge in [-0.15, -0.1) is 0 Å². The Bertz CT molecular complexity index is 566. The average Bonchev–Trinajstić information content (AvgIpc) is 2.97. The summed E-state index contributed by atoms with van der Waals surface area (Å²) in [4.78, 5) is 11.7. The summed E-state index contributed by atoms with van der Waals surface area (Å²) in [7, 11) is 0. The standard InChI is InChI=1S/C17H24N2O3/c1-17(2,3)22-16(20)19-14-9-13(14)18-10-11-4-5-15-12(8-11)6-7-21-15/h4-5,8,13-14,18H,6-7,9-10H2,1-3H3,(H,19,20). The largest absolute Gasteiger partial charge is 0.493 e. The summed E-state index contributed by atoms with van der Waals surface area (Å²) in [5, 5.41) is 6.37. The normalized spacial score (nSPS) is 22.7. The van der Waals surface area contributed by atoms with Gasteiger partial charge in [0.2, 0.25) is 0 Å². The number of hydrogen-bond donors (Lipinski definition) is 2. The first kappa shape index (κ1) is 15.2. The molecule has 2 unspecified atom stereocenters. The van der Waals surface area contributed by atoms with Gasteiger partial charge in [0.05, 0.1) is 6.61 Å². The van der Waals surface area contributed by atoms with Gasteiger partial charge < -0.3 is 20.1 Å². The first-order valence-electron chi connectivity index (χ1n) is 7.88. The van der Waals surface area contributed by atoms with E-state index in [-0.39, 0.29) is 12.1 Å². The zero-order chi connectivity index (χ0) is 15.7. The van der Waals surface area contributed by atoms with Crippen LogP contribution in [0.25, 0.3) is 0 Å². The number of alkyl carbamates (subject to hydrolysis) is 1. The molecule has 2 aliphatic rings. The molecule has 22 heavy (non-hydrogen) atoms. The third-order valence-corrected chi connectivity index (χ3v) is 3.81. The van der Waals surface area contributed by atoms with Crippen molar-refractivity contribution in [2.24, 2.45) is 0 Å². The maximum atomic E-state index is 11.7.